The van der Waals surface area contributed by atoms with Crippen LogP contribution in [0.15, 0.2) is 23.8 Å². The Morgan fingerprint density at radius 3 is 2.29 bits per heavy atom. The van der Waals surface area contributed by atoms with Crippen molar-refractivity contribution < 1.29 is 9.53 Å². The molecule has 12 atom stereocenters. The van der Waals surface area contributed by atoms with Crippen molar-refractivity contribution in [3.8, 4) is 0 Å². The highest BCUT2D eigenvalue weighted by Crippen LogP contribution is 2.67. The molecule has 5 aliphatic carbocycles. The average molecular weight is 621 g/mol. The van der Waals surface area contributed by atoms with Crippen molar-refractivity contribution in [2.45, 2.75) is 171 Å². The highest BCUT2D eigenvalue weighted by atomic mass is 16.5. The smallest absolute Gasteiger partial charge is 0.306 e. The zero-order chi connectivity index (χ0) is 32.4. The molecule has 0 saturated heterocycles. The van der Waals surface area contributed by atoms with Crippen LogP contribution in [0.2, 0.25) is 0 Å². The molecule has 0 aromatic rings. The molecular weight excluding hydrogens is 548 g/mol. The molecule has 2 unspecified atom stereocenters. The van der Waals surface area contributed by atoms with E-state index in [1.165, 1.54) is 83.5 Å². The Balaban J connectivity index is 1.06. The summed E-state index contributed by atoms with van der Waals surface area (Å²) in [4.78, 5) is 12.9. The van der Waals surface area contributed by atoms with Crippen molar-refractivity contribution >= 4 is 5.97 Å². The summed E-state index contributed by atoms with van der Waals surface area (Å²) in [7, 11) is 0. The zero-order valence-electron chi connectivity index (χ0n) is 30.9. The molecular formula is C43H72O2. The lowest BCUT2D eigenvalue weighted by Gasteiger charge is -2.58. The Morgan fingerprint density at radius 1 is 0.911 bits per heavy atom. The first kappa shape index (κ1) is 35.3. The van der Waals surface area contributed by atoms with Gasteiger partial charge in [0.1, 0.15) is 6.10 Å². The van der Waals surface area contributed by atoms with Gasteiger partial charge in [0.2, 0.25) is 0 Å². The number of allylic oxidation sites excluding steroid dienone is 3. The van der Waals surface area contributed by atoms with E-state index in [0.29, 0.717) is 23.2 Å². The monoisotopic (exact) mass is 621 g/mol. The fourth-order valence-electron chi connectivity index (χ4n) is 11.3. The summed E-state index contributed by atoms with van der Waals surface area (Å²) in [5, 5.41) is 0. The van der Waals surface area contributed by atoms with Gasteiger partial charge in [-0.2, -0.15) is 0 Å². The van der Waals surface area contributed by atoms with Crippen LogP contribution < -0.4 is 0 Å². The Hall–Kier alpha value is -1.05. The van der Waals surface area contributed by atoms with Crippen molar-refractivity contribution in [2.75, 3.05) is 0 Å². The molecule has 0 spiro atoms. The molecule has 0 radical (unpaired) electrons. The van der Waals surface area contributed by atoms with E-state index in [2.05, 4.69) is 73.6 Å². The number of fused-ring (bicyclic) bond motifs is 5. The fraction of sp³-hybridized carbons (Fsp3) is 0.884. The lowest BCUT2D eigenvalue weighted by molar-refractivity contribution is -0.151. The highest BCUT2D eigenvalue weighted by Gasteiger charge is 2.59. The second-order valence-corrected chi connectivity index (χ2v) is 18.5. The van der Waals surface area contributed by atoms with E-state index in [9.17, 15) is 4.79 Å². The van der Waals surface area contributed by atoms with Gasteiger partial charge >= 0.3 is 5.97 Å². The summed E-state index contributed by atoms with van der Waals surface area (Å²) < 4.78 is 6.17. The Bertz CT molecular complexity index is 1040. The minimum Gasteiger partial charge on any atom is -0.462 e. The van der Waals surface area contributed by atoms with Crippen LogP contribution in [0, 0.1) is 70.0 Å². The van der Waals surface area contributed by atoms with Crippen molar-refractivity contribution in [2.24, 2.45) is 70.0 Å². The van der Waals surface area contributed by atoms with Gasteiger partial charge in [0.05, 0.1) is 0 Å². The molecule has 45 heavy (non-hydrogen) atoms. The number of hydrogen-bond donors (Lipinski definition) is 0. The minimum absolute atomic E-state index is 0.0523. The summed E-state index contributed by atoms with van der Waals surface area (Å²) in [6.45, 7) is 19.6. The molecule has 0 aromatic carbocycles. The number of rotatable bonds is 15. The van der Waals surface area contributed by atoms with Gasteiger partial charge in [-0.25, -0.2) is 0 Å². The highest BCUT2D eigenvalue weighted by molar-refractivity contribution is 5.69. The number of hydrogen-bond acceptors (Lipinski definition) is 2. The Labute approximate surface area is 279 Å². The van der Waals surface area contributed by atoms with Crippen LogP contribution in [0.25, 0.3) is 0 Å². The summed E-state index contributed by atoms with van der Waals surface area (Å²) >= 11 is 0. The van der Waals surface area contributed by atoms with Crippen molar-refractivity contribution in [1.29, 1.82) is 0 Å². The molecule has 4 saturated carbocycles. The number of carbonyl (C=O) groups is 1. The summed E-state index contributed by atoms with van der Waals surface area (Å²) in [5.41, 5.74) is 2.47. The van der Waals surface area contributed by atoms with Crippen LogP contribution in [0.5, 0.6) is 0 Å². The van der Waals surface area contributed by atoms with Crippen LogP contribution in [-0.2, 0) is 9.53 Å². The van der Waals surface area contributed by atoms with Crippen LogP contribution >= 0.6 is 0 Å². The third-order valence-corrected chi connectivity index (χ3v) is 14.6. The Kier molecular flexibility index (Phi) is 11.8. The molecule has 0 bridgehead atoms. The van der Waals surface area contributed by atoms with Crippen LogP contribution in [0.1, 0.15) is 165 Å². The molecule has 0 heterocycles. The van der Waals surface area contributed by atoms with Crippen LogP contribution in [0.3, 0.4) is 0 Å². The van der Waals surface area contributed by atoms with E-state index in [-0.39, 0.29) is 12.1 Å². The molecule has 0 amide bonds. The maximum absolute atomic E-state index is 12.9. The van der Waals surface area contributed by atoms with E-state index in [0.717, 1.165) is 72.5 Å². The molecule has 0 N–H and O–H groups in total. The van der Waals surface area contributed by atoms with E-state index >= 15 is 0 Å². The normalized spacial score (nSPS) is 39.5. The summed E-state index contributed by atoms with van der Waals surface area (Å²) in [6.07, 6.45) is 29.1. The van der Waals surface area contributed by atoms with Gasteiger partial charge < -0.3 is 4.74 Å². The van der Waals surface area contributed by atoms with Gasteiger partial charge in [-0.1, -0.05) is 118 Å². The number of carbonyl (C=O) groups excluding carboxylic acids is 1. The number of esters is 1. The van der Waals surface area contributed by atoms with Crippen LogP contribution in [0.4, 0.5) is 0 Å². The van der Waals surface area contributed by atoms with Crippen molar-refractivity contribution in [3.63, 3.8) is 0 Å². The first-order valence-corrected chi connectivity index (χ1v) is 20.0. The van der Waals surface area contributed by atoms with Gasteiger partial charge in [0.15, 0.2) is 0 Å². The van der Waals surface area contributed by atoms with Gasteiger partial charge in [0, 0.05) is 12.8 Å². The average Bonchev–Trinajstić information content (AvgIpc) is 3.58. The van der Waals surface area contributed by atoms with Crippen LogP contribution in [-0.4, -0.2) is 12.1 Å². The predicted octanol–water partition coefficient (Wildman–Crippen LogP) is 12.4. The quantitative estimate of drug-likeness (QED) is 0.134. The number of ether oxygens (including phenoxy) is 1. The first-order chi connectivity index (χ1) is 21.4. The molecule has 2 nitrogen and oxygen atoms in total. The topological polar surface area (TPSA) is 26.3 Å². The van der Waals surface area contributed by atoms with E-state index in [1.807, 2.05) is 0 Å². The minimum atomic E-state index is 0.0523. The zero-order valence-corrected chi connectivity index (χ0v) is 30.9. The molecule has 4 fully saturated rings. The molecule has 0 aliphatic heterocycles. The first-order valence-electron chi connectivity index (χ1n) is 20.0. The summed E-state index contributed by atoms with van der Waals surface area (Å²) in [6, 6.07) is 0. The lowest BCUT2D eigenvalue weighted by Crippen LogP contribution is -2.51. The SMILES string of the molecule is CC(C)CCCC(C)CCCC(C)CCC(=O)O[C@H]1CC[C@@]2(C)C(=CC[C@H]3[C@@H]4CC[C@H]([C@H](C)/C=C/[C@H]5C[C@@H]5C)[C@@]4(C)CC[C@@H]32)C1. The lowest BCUT2D eigenvalue weighted by atomic mass is 9.47. The van der Waals surface area contributed by atoms with Gasteiger partial charge in [0.25, 0.3) is 0 Å². The molecule has 5 rings (SSSR count). The van der Waals surface area contributed by atoms with Gasteiger partial charge in [-0.15, -0.1) is 0 Å². The third-order valence-electron chi connectivity index (χ3n) is 14.6. The third kappa shape index (κ3) is 8.34. The maximum atomic E-state index is 12.9. The molecule has 0 aromatic heterocycles. The largest absolute Gasteiger partial charge is 0.462 e. The fourth-order valence-corrected chi connectivity index (χ4v) is 11.3. The van der Waals surface area contributed by atoms with Crippen molar-refractivity contribution in [3.05, 3.63) is 23.8 Å². The van der Waals surface area contributed by atoms with E-state index in [1.54, 1.807) is 5.57 Å². The second-order valence-electron chi connectivity index (χ2n) is 18.5. The maximum Gasteiger partial charge on any atom is 0.306 e. The predicted molar refractivity (Wildman–Crippen MR) is 191 cm³/mol. The standard InChI is InChI=1S/C43H72O2/c1-29(2)11-9-12-30(3)13-10-14-31(4)15-22-41(44)45-36-23-25-42(7)35(28-36)18-19-37-39-21-20-38(43(39,8)26-24-40(37)42)32(5)16-17-34-27-33(34)6/h16-18,29-34,36-40H,9-15,19-28H2,1-8H3/b17-16+/t30?,31?,32-,33+,34+,36+,37+,38-,39+,40+,42+,43-/m1/s1. The second kappa shape index (κ2) is 15.0. The van der Waals surface area contributed by atoms with Gasteiger partial charge in [-0.3, -0.25) is 4.79 Å². The van der Waals surface area contributed by atoms with Gasteiger partial charge in [-0.05, 0) is 128 Å². The Morgan fingerprint density at radius 2 is 1.60 bits per heavy atom. The molecule has 256 valence electrons. The van der Waals surface area contributed by atoms with E-state index in [4.69, 9.17) is 4.74 Å². The molecule has 5 aliphatic rings. The van der Waals surface area contributed by atoms with E-state index < -0.39 is 0 Å². The summed E-state index contributed by atoms with van der Waals surface area (Å²) in [5.74, 6) is 8.24. The van der Waals surface area contributed by atoms with Crippen molar-refractivity contribution in [1.82, 2.24) is 0 Å². The molecule has 2 heteroatoms.